The second kappa shape index (κ2) is 11.3. The number of hydrogen-bond acceptors (Lipinski definition) is 10. The zero-order valence-corrected chi connectivity index (χ0v) is 20.2. The predicted molar refractivity (Wildman–Crippen MR) is 131 cm³/mol. The van der Waals surface area contributed by atoms with Crippen LogP contribution in [0.1, 0.15) is 29.3 Å². The summed E-state index contributed by atoms with van der Waals surface area (Å²) >= 11 is 0. The molecule has 38 heavy (non-hydrogen) atoms. The zero-order chi connectivity index (χ0) is 26.5. The van der Waals surface area contributed by atoms with Gasteiger partial charge in [0.1, 0.15) is 6.54 Å². The van der Waals surface area contributed by atoms with Gasteiger partial charge in [0.2, 0.25) is 0 Å². The van der Waals surface area contributed by atoms with E-state index in [1.165, 1.54) is 6.20 Å². The number of hydrazine groups is 1. The van der Waals surface area contributed by atoms with Crippen molar-refractivity contribution >= 4 is 23.1 Å². The Hall–Kier alpha value is -3.75. The monoisotopic (exact) mass is 531 g/mol. The standard InChI is InChI=1S/C24H25F4N9O/c25-20-14-30-23(34-22(20)37-5-7-38-8-6-37)36-32-13-17-1-2-18(12-29-17)33-19-10-15(21-3-4-31-35-21)9-16(11-19)24(26,27)28/h1-2,9-12,14,21,31,33,35H,3-8,13H2. The van der Waals surface area contributed by atoms with Gasteiger partial charge in [-0.3, -0.25) is 15.8 Å². The molecule has 2 fully saturated rings. The van der Waals surface area contributed by atoms with Gasteiger partial charge in [0, 0.05) is 31.4 Å². The summed E-state index contributed by atoms with van der Waals surface area (Å²) in [6.45, 7) is 2.80. The molecule has 1 atom stereocenters. The Balaban J connectivity index is 1.24. The minimum atomic E-state index is -4.47. The summed E-state index contributed by atoms with van der Waals surface area (Å²) in [5.74, 6) is -0.360. The molecule has 14 heteroatoms. The minimum absolute atomic E-state index is 0.0264. The molecule has 3 N–H and O–H groups in total. The van der Waals surface area contributed by atoms with Gasteiger partial charge in [0.15, 0.2) is 11.6 Å². The fourth-order valence-corrected chi connectivity index (χ4v) is 4.15. The molecule has 0 bridgehead atoms. The summed E-state index contributed by atoms with van der Waals surface area (Å²) < 4.78 is 59.9. The van der Waals surface area contributed by atoms with Crippen molar-refractivity contribution in [2.45, 2.75) is 25.2 Å². The van der Waals surface area contributed by atoms with Crippen molar-refractivity contribution in [3.63, 3.8) is 0 Å². The lowest BCUT2D eigenvalue weighted by Gasteiger charge is -2.27. The minimum Gasteiger partial charge on any atom is -0.378 e. The van der Waals surface area contributed by atoms with E-state index >= 15 is 0 Å². The number of anilines is 3. The van der Waals surface area contributed by atoms with E-state index < -0.39 is 17.6 Å². The van der Waals surface area contributed by atoms with Crippen LogP contribution in [0.5, 0.6) is 0 Å². The smallest absolute Gasteiger partial charge is 0.378 e. The number of hydrogen-bond donors (Lipinski definition) is 3. The maximum atomic E-state index is 14.2. The largest absolute Gasteiger partial charge is 0.416 e. The quantitative estimate of drug-likeness (QED) is 0.303. The maximum absolute atomic E-state index is 14.2. The van der Waals surface area contributed by atoms with Gasteiger partial charge >= 0.3 is 6.18 Å². The zero-order valence-electron chi connectivity index (χ0n) is 20.2. The molecular weight excluding hydrogens is 506 g/mol. The molecule has 0 amide bonds. The van der Waals surface area contributed by atoms with Crippen molar-refractivity contribution in [2.75, 3.05) is 43.1 Å². The summed E-state index contributed by atoms with van der Waals surface area (Å²) in [4.78, 5) is 14.1. The number of rotatable bonds is 7. The molecule has 1 aromatic carbocycles. The van der Waals surface area contributed by atoms with Gasteiger partial charge in [0.05, 0.1) is 42.6 Å². The average molecular weight is 532 g/mol. The highest BCUT2D eigenvalue weighted by molar-refractivity contribution is 5.61. The Labute approximate surface area is 215 Å². The molecule has 4 heterocycles. The highest BCUT2D eigenvalue weighted by atomic mass is 19.4. The van der Waals surface area contributed by atoms with Crippen LogP contribution in [0, 0.1) is 5.82 Å². The van der Waals surface area contributed by atoms with Crippen molar-refractivity contribution in [2.24, 2.45) is 10.2 Å². The number of ether oxygens (including phenoxy) is 1. The van der Waals surface area contributed by atoms with Gasteiger partial charge in [-0.2, -0.15) is 23.3 Å². The molecule has 2 aliphatic heterocycles. The molecule has 0 aliphatic carbocycles. The summed E-state index contributed by atoms with van der Waals surface area (Å²) in [5, 5.41) is 11.0. The van der Waals surface area contributed by atoms with E-state index in [4.69, 9.17) is 4.74 Å². The molecule has 0 saturated carbocycles. The number of nitrogens with zero attached hydrogens (tertiary/aromatic N) is 6. The van der Waals surface area contributed by atoms with E-state index in [9.17, 15) is 17.6 Å². The number of azo groups is 1. The highest BCUT2D eigenvalue weighted by Crippen LogP contribution is 2.35. The molecule has 2 aromatic heterocycles. The third-order valence-corrected chi connectivity index (χ3v) is 6.05. The van der Waals surface area contributed by atoms with Gasteiger partial charge < -0.3 is 15.0 Å². The highest BCUT2D eigenvalue weighted by Gasteiger charge is 2.32. The Morgan fingerprint density at radius 2 is 1.92 bits per heavy atom. The molecule has 0 spiro atoms. The average Bonchev–Trinajstić information content (AvgIpc) is 3.46. The second-order valence-electron chi connectivity index (χ2n) is 8.76. The number of alkyl halides is 3. The van der Waals surface area contributed by atoms with Crippen LogP contribution in [0.3, 0.4) is 0 Å². The molecule has 0 radical (unpaired) electrons. The van der Waals surface area contributed by atoms with Crippen LogP contribution < -0.4 is 21.1 Å². The van der Waals surface area contributed by atoms with Crippen molar-refractivity contribution < 1.29 is 22.3 Å². The van der Waals surface area contributed by atoms with Crippen LogP contribution in [-0.2, 0) is 17.5 Å². The van der Waals surface area contributed by atoms with Gasteiger partial charge in [-0.05, 0) is 42.3 Å². The SMILES string of the molecule is Fc1cnc(N=NCc2ccc(Nc3cc(C4CCNN4)cc(C(F)(F)F)c3)cn2)nc1N1CCOCC1. The van der Waals surface area contributed by atoms with E-state index in [1.807, 2.05) is 0 Å². The van der Waals surface area contributed by atoms with Crippen LogP contribution in [0.4, 0.5) is 40.7 Å². The van der Waals surface area contributed by atoms with E-state index in [0.29, 0.717) is 61.9 Å². The molecule has 1 unspecified atom stereocenters. The van der Waals surface area contributed by atoms with Crippen molar-refractivity contribution in [3.05, 3.63) is 65.4 Å². The molecular formula is C24H25F4N9O. The van der Waals surface area contributed by atoms with E-state index in [-0.39, 0.29) is 24.4 Å². The third kappa shape index (κ3) is 6.38. The van der Waals surface area contributed by atoms with Crippen LogP contribution in [0.15, 0.2) is 53.0 Å². The molecule has 3 aromatic rings. The number of halogens is 4. The van der Waals surface area contributed by atoms with Crippen LogP contribution in [0.2, 0.25) is 0 Å². The normalized spacial score (nSPS) is 18.3. The van der Waals surface area contributed by atoms with Crippen molar-refractivity contribution in [1.29, 1.82) is 0 Å². The maximum Gasteiger partial charge on any atom is 0.416 e. The lowest BCUT2D eigenvalue weighted by molar-refractivity contribution is -0.137. The number of aromatic nitrogens is 3. The van der Waals surface area contributed by atoms with Gasteiger partial charge in [-0.15, -0.1) is 5.11 Å². The second-order valence-corrected chi connectivity index (χ2v) is 8.76. The summed E-state index contributed by atoms with van der Waals surface area (Å²) in [5.41, 5.74) is 7.14. The topological polar surface area (TPSA) is 112 Å². The van der Waals surface area contributed by atoms with Crippen LogP contribution >= 0.6 is 0 Å². The predicted octanol–water partition coefficient (Wildman–Crippen LogP) is 4.43. The number of benzene rings is 1. The fourth-order valence-electron chi connectivity index (χ4n) is 4.15. The molecule has 200 valence electrons. The number of pyridine rings is 1. The van der Waals surface area contributed by atoms with Crippen LogP contribution in [0.25, 0.3) is 0 Å². The first kappa shape index (κ1) is 25.9. The number of nitrogens with one attached hydrogen (secondary N) is 3. The molecule has 5 rings (SSSR count). The molecule has 2 aliphatic rings. The first-order valence-electron chi connectivity index (χ1n) is 12.0. The van der Waals surface area contributed by atoms with Gasteiger partial charge in [-0.25, -0.2) is 9.37 Å². The molecule has 2 saturated heterocycles. The van der Waals surface area contributed by atoms with E-state index in [0.717, 1.165) is 18.3 Å². The van der Waals surface area contributed by atoms with E-state index in [2.05, 4.69) is 41.3 Å². The van der Waals surface area contributed by atoms with Crippen LogP contribution in [-0.4, -0.2) is 47.8 Å². The van der Waals surface area contributed by atoms with Crippen molar-refractivity contribution in [1.82, 2.24) is 25.8 Å². The Morgan fingerprint density at radius 1 is 1.08 bits per heavy atom. The first-order valence-corrected chi connectivity index (χ1v) is 12.0. The summed E-state index contributed by atoms with van der Waals surface area (Å²) in [6.07, 6.45) is -1.22. The Morgan fingerprint density at radius 3 is 2.63 bits per heavy atom. The van der Waals surface area contributed by atoms with E-state index in [1.54, 1.807) is 23.1 Å². The van der Waals surface area contributed by atoms with Crippen molar-refractivity contribution in [3.8, 4) is 0 Å². The fraction of sp³-hybridized carbons (Fsp3) is 0.375. The summed E-state index contributed by atoms with van der Waals surface area (Å²) in [6, 6.07) is 7.09. The Kier molecular flexibility index (Phi) is 7.72. The molecule has 10 nitrogen and oxygen atoms in total. The summed E-state index contributed by atoms with van der Waals surface area (Å²) in [7, 11) is 0. The lowest BCUT2D eigenvalue weighted by Crippen LogP contribution is -2.37. The van der Waals surface area contributed by atoms with Gasteiger partial charge in [-0.1, -0.05) is 0 Å². The number of morpholine rings is 1. The first-order chi connectivity index (χ1) is 18.3. The Bertz CT molecular complexity index is 1270. The third-order valence-electron chi connectivity index (χ3n) is 6.05. The van der Waals surface area contributed by atoms with Gasteiger partial charge in [0.25, 0.3) is 5.95 Å². The lowest BCUT2D eigenvalue weighted by atomic mass is 10.0.